The molecule has 6 heteroatoms. The molecule has 6 nitrogen and oxygen atoms in total. The average Bonchev–Trinajstić information content (AvgIpc) is 2.83. The molecule has 138 valence electrons. The zero-order valence-electron chi connectivity index (χ0n) is 16.1. The third-order valence-corrected chi connectivity index (χ3v) is 4.37. The highest BCUT2D eigenvalue weighted by molar-refractivity contribution is 6.04. The standard InChI is InChI=1S/C20H25N3O3/c1-10-7-11(2)18(12(3)8-10)23-16(25)9-21-20(26)19-13(4)17(15(6)24)14(5)22-19/h7-8,22H,9H2,1-6H3,(H,21,26)(H,23,25). The van der Waals surface area contributed by atoms with Crippen LogP contribution < -0.4 is 10.6 Å². The second-order valence-electron chi connectivity index (χ2n) is 6.69. The Balaban J connectivity index is 2.05. The van der Waals surface area contributed by atoms with E-state index < -0.39 is 5.91 Å². The summed E-state index contributed by atoms with van der Waals surface area (Å²) in [4.78, 5) is 39.2. The predicted octanol–water partition coefficient (Wildman–Crippen LogP) is 3.13. The van der Waals surface area contributed by atoms with Gasteiger partial charge in [-0.15, -0.1) is 0 Å². The van der Waals surface area contributed by atoms with Gasteiger partial charge in [0.1, 0.15) is 5.69 Å². The molecule has 2 aromatic rings. The van der Waals surface area contributed by atoms with Crippen molar-refractivity contribution in [3.8, 4) is 0 Å². The molecule has 1 aromatic carbocycles. The number of hydrogen-bond acceptors (Lipinski definition) is 3. The van der Waals surface area contributed by atoms with Crippen molar-refractivity contribution in [2.24, 2.45) is 0 Å². The van der Waals surface area contributed by atoms with Crippen LogP contribution in [0, 0.1) is 34.6 Å². The Bertz CT molecular complexity index is 871. The number of hydrogen-bond donors (Lipinski definition) is 3. The van der Waals surface area contributed by atoms with Crippen LogP contribution in [0.2, 0.25) is 0 Å². The van der Waals surface area contributed by atoms with Crippen LogP contribution in [0.5, 0.6) is 0 Å². The summed E-state index contributed by atoms with van der Waals surface area (Å²) in [6.07, 6.45) is 0. The Labute approximate surface area is 153 Å². The van der Waals surface area contributed by atoms with Crippen LogP contribution >= 0.6 is 0 Å². The molecule has 0 atom stereocenters. The highest BCUT2D eigenvalue weighted by Gasteiger charge is 2.20. The minimum absolute atomic E-state index is 0.0987. The van der Waals surface area contributed by atoms with Gasteiger partial charge in [0.05, 0.1) is 6.54 Å². The number of aromatic amines is 1. The van der Waals surface area contributed by atoms with Crippen LogP contribution in [0.4, 0.5) is 5.69 Å². The number of rotatable bonds is 5. The van der Waals surface area contributed by atoms with Crippen LogP contribution in [0.3, 0.4) is 0 Å². The Morgan fingerprint density at radius 3 is 2.08 bits per heavy atom. The first kappa shape index (κ1) is 19.4. The summed E-state index contributed by atoms with van der Waals surface area (Å²) >= 11 is 0. The molecule has 0 saturated carbocycles. The highest BCUT2D eigenvalue weighted by atomic mass is 16.2. The van der Waals surface area contributed by atoms with Crippen molar-refractivity contribution in [1.29, 1.82) is 0 Å². The summed E-state index contributed by atoms with van der Waals surface area (Å²) in [5, 5.41) is 5.44. The van der Waals surface area contributed by atoms with Gasteiger partial charge >= 0.3 is 0 Å². The summed E-state index contributed by atoms with van der Waals surface area (Å²) in [5.41, 5.74) is 5.92. The number of anilines is 1. The zero-order valence-corrected chi connectivity index (χ0v) is 16.1. The number of aromatic nitrogens is 1. The molecule has 2 amide bonds. The molecule has 0 saturated heterocycles. The van der Waals surface area contributed by atoms with Crippen LogP contribution in [0.25, 0.3) is 0 Å². The molecule has 26 heavy (non-hydrogen) atoms. The smallest absolute Gasteiger partial charge is 0.268 e. The lowest BCUT2D eigenvalue weighted by Crippen LogP contribution is -2.33. The predicted molar refractivity (Wildman–Crippen MR) is 102 cm³/mol. The van der Waals surface area contributed by atoms with Crippen molar-refractivity contribution >= 4 is 23.3 Å². The van der Waals surface area contributed by atoms with E-state index in [9.17, 15) is 14.4 Å². The van der Waals surface area contributed by atoms with Gasteiger partial charge in [0, 0.05) is 16.9 Å². The number of benzene rings is 1. The lowest BCUT2D eigenvalue weighted by molar-refractivity contribution is -0.115. The topological polar surface area (TPSA) is 91.1 Å². The third-order valence-electron chi connectivity index (χ3n) is 4.37. The number of aryl methyl sites for hydroxylation is 4. The number of amides is 2. The van der Waals surface area contributed by atoms with Gasteiger partial charge in [-0.25, -0.2) is 0 Å². The first-order chi connectivity index (χ1) is 12.1. The van der Waals surface area contributed by atoms with Gasteiger partial charge in [0.2, 0.25) is 5.91 Å². The summed E-state index contributed by atoms with van der Waals surface area (Å²) < 4.78 is 0. The Morgan fingerprint density at radius 2 is 1.58 bits per heavy atom. The Morgan fingerprint density at radius 1 is 1.00 bits per heavy atom. The second-order valence-corrected chi connectivity index (χ2v) is 6.69. The lowest BCUT2D eigenvalue weighted by Gasteiger charge is -2.13. The van der Waals surface area contributed by atoms with E-state index in [0.717, 1.165) is 22.4 Å². The molecule has 1 aromatic heterocycles. The van der Waals surface area contributed by atoms with Crippen molar-refractivity contribution in [3.63, 3.8) is 0 Å². The fraction of sp³-hybridized carbons (Fsp3) is 0.350. The van der Waals surface area contributed by atoms with E-state index in [0.29, 0.717) is 22.5 Å². The molecule has 0 radical (unpaired) electrons. The molecule has 0 fully saturated rings. The summed E-state index contributed by atoms with van der Waals surface area (Å²) in [6.45, 7) is 10.6. The minimum atomic E-state index is -0.411. The monoisotopic (exact) mass is 355 g/mol. The Kier molecular flexibility index (Phi) is 5.65. The van der Waals surface area contributed by atoms with E-state index in [1.165, 1.54) is 6.92 Å². The third kappa shape index (κ3) is 4.02. The first-order valence-corrected chi connectivity index (χ1v) is 8.47. The van der Waals surface area contributed by atoms with Gasteiger partial charge in [0.25, 0.3) is 5.91 Å². The van der Waals surface area contributed by atoms with Crippen molar-refractivity contribution in [1.82, 2.24) is 10.3 Å². The highest BCUT2D eigenvalue weighted by Crippen LogP contribution is 2.22. The van der Waals surface area contributed by atoms with E-state index in [2.05, 4.69) is 15.6 Å². The molecule has 1 heterocycles. The number of carbonyl (C=O) groups is 3. The maximum atomic E-state index is 12.4. The first-order valence-electron chi connectivity index (χ1n) is 8.47. The molecular weight excluding hydrogens is 330 g/mol. The maximum absolute atomic E-state index is 12.4. The number of Topliss-reactive ketones (excluding diaryl/α,β-unsaturated/α-hetero) is 1. The van der Waals surface area contributed by atoms with Crippen molar-refractivity contribution in [2.45, 2.75) is 41.5 Å². The summed E-state index contributed by atoms with van der Waals surface area (Å²) in [7, 11) is 0. The van der Waals surface area contributed by atoms with Gasteiger partial charge in [0.15, 0.2) is 5.78 Å². The molecule has 0 bridgehead atoms. The molecule has 2 rings (SSSR count). The quantitative estimate of drug-likeness (QED) is 0.720. The van der Waals surface area contributed by atoms with E-state index in [1.54, 1.807) is 13.8 Å². The minimum Gasteiger partial charge on any atom is -0.354 e. The molecule has 0 aliphatic heterocycles. The van der Waals surface area contributed by atoms with E-state index in [-0.39, 0.29) is 18.2 Å². The summed E-state index contributed by atoms with van der Waals surface area (Å²) in [6, 6.07) is 3.99. The fourth-order valence-corrected chi connectivity index (χ4v) is 3.31. The van der Waals surface area contributed by atoms with Crippen LogP contribution in [-0.4, -0.2) is 29.1 Å². The second kappa shape index (κ2) is 7.56. The molecule has 0 aliphatic rings. The molecule has 3 N–H and O–H groups in total. The van der Waals surface area contributed by atoms with Gasteiger partial charge in [-0.05, 0) is 58.2 Å². The lowest BCUT2D eigenvalue weighted by atomic mass is 10.1. The van der Waals surface area contributed by atoms with Crippen molar-refractivity contribution in [3.05, 3.63) is 51.3 Å². The summed E-state index contributed by atoms with van der Waals surface area (Å²) in [5.74, 6) is -0.815. The van der Waals surface area contributed by atoms with Crippen molar-refractivity contribution in [2.75, 3.05) is 11.9 Å². The average molecular weight is 355 g/mol. The van der Waals surface area contributed by atoms with E-state index in [1.807, 2.05) is 32.9 Å². The molecule has 0 spiro atoms. The fourth-order valence-electron chi connectivity index (χ4n) is 3.31. The van der Waals surface area contributed by atoms with E-state index in [4.69, 9.17) is 0 Å². The van der Waals surface area contributed by atoms with Crippen LogP contribution in [-0.2, 0) is 4.79 Å². The van der Waals surface area contributed by atoms with Gasteiger partial charge in [-0.3, -0.25) is 14.4 Å². The number of H-pyrrole nitrogens is 1. The largest absolute Gasteiger partial charge is 0.354 e. The van der Waals surface area contributed by atoms with E-state index >= 15 is 0 Å². The van der Waals surface area contributed by atoms with Crippen LogP contribution in [0.15, 0.2) is 12.1 Å². The normalized spacial score (nSPS) is 10.5. The number of ketones is 1. The zero-order chi connectivity index (χ0) is 19.6. The Hall–Kier alpha value is -2.89. The van der Waals surface area contributed by atoms with Gasteiger partial charge in [-0.2, -0.15) is 0 Å². The van der Waals surface area contributed by atoms with Crippen LogP contribution in [0.1, 0.15) is 55.7 Å². The SMILES string of the molecule is CC(=O)c1c(C)[nH]c(C(=O)NCC(=O)Nc2c(C)cc(C)cc2C)c1C. The maximum Gasteiger partial charge on any atom is 0.268 e. The molecule has 0 aliphatic carbocycles. The number of carbonyl (C=O) groups excluding carboxylic acids is 3. The van der Waals surface area contributed by atoms with Gasteiger partial charge in [-0.1, -0.05) is 17.7 Å². The van der Waals surface area contributed by atoms with Gasteiger partial charge < -0.3 is 15.6 Å². The molecular formula is C20H25N3O3. The molecule has 0 unspecified atom stereocenters. The van der Waals surface area contributed by atoms with Crippen molar-refractivity contribution < 1.29 is 14.4 Å². The number of nitrogens with one attached hydrogen (secondary N) is 3.